The SMILES string of the molecule is CCCCn1c(C)c(C(N)=O)c(-c2ccc(C#N)cc2)c1C. The molecule has 0 spiro atoms. The number of carbonyl (C=O) groups excluding carboxylic acids is 1. The van der Waals surface area contributed by atoms with E-state index >= 15 is 0 Å². The summed E-state index contributed by atoms with van der Waals surface area (Å²) in [7, 11) is 0. The van der Waals surface area contributed by atoms with E-state index in [-0.39, 0.29) is 0 Å². The number of aromatic nitrogens is 1. The van der Waals surface area contributed by atoms with Crippen molar-refractivity contribution in [3.63, 3.8) is 0 Å². The monoisotopic (exact) mass is 295 g/mol. The highest BCUT2D eigenvalue weighted by Gasteiger charge is 2.22. The largest absolute Gasteiger partial charge is 0.366 e. The van der Waals surface area contributed by atoms with Crippen LogP contribution >= 0.6 is 0 Å². The van der Waals surface area contributed by atoms with Crippen LogP contribution in [0.15, 0.2) is 24.3 Å². The van der Waals surface area contributed by atoms with Gasteiger partial charge in [-0.15, -0.1) is 0 Å². The number of hydrogen-bond acceptors (Lipinski definition) is 2. The Labute approximate surface area is 131 Å². The van der Waals surface area contributed by atoms with Gasteiger partial charge in [0.25, 0.3) is 5.91 Å². The molecule has 114 valence electrons. The maximum Gasteiger partial charge on any atom is 0.251 e. The third-order valence-electron chi connectivity index (χ3n) is 4.07. The van der Waals surface area contributed by atoms with Crippen molar-refractivity contribution >= 4 is 5.91 Å². The summed E-state index contributed by atoms with van der Waals surface area (Å²) >= 11 is 0. The normalized spacial score (nSPS) is 10.5. The first-order valence-corrected chi connectivity index (χ1v) is 7.51. The first-order valence-electron chi connectivity index (χ1n) is 7.51. The molecule has 4 heteroatoms. The number of nitrogens with two attached hydrogens (primary N) is 1. The van der Waals surface area contributed by atoms with Crippen LogP contribution in [0.5, 0.6) is 0 Å². The molecule has 1 amide bonds. The average Bonchev–Trinajstić information content (AvgIpc) is 2.76. The lowest BCUT2D eigenvalue weighted by Crippen LogP contribution is -2.13. The summed E-state index contributed by atoms with van der Waals surface area (Å²) in [6.07, 6.45) is 2.15. The number of primary amides is 1. The van der Waals surface area contributed by atoms with E-state index < -0.39 is 5.91 Å². The maximum atomic E-state index is 11.9. The number of unbranched alkanes of at least 4 members (excludes halogenated alkanes) is 1. The molecule has 0 fully saturated rings. The first-order chi connectivity index (χ1) is 10.5. The molecule has 1 heterocycles. The molecular formula is C18H21N3O. The Kier molecular flexibility index (Phi) is 4.67. The Hall–Kier alpha value is -2.54. The lowest BCUT2D eigenvalue weighted by molar-refractivity contribution is 0.1000. The van der Waals surface area contributed by atoms with E-state index in [0.717, 1.165) is 41.9 Å². The summed E-state index contributed by atoms with van der Waals surface area (Å²) in [6.45, 7) is 6.98. The highest BCUT2D eigenvalue weighted by Crippen LogP contribution is 2.32. The molecule has 0 aliphatic carbocycles. The van der Waals surface area contributed by atoms with Crippen molar-refractivity contribution in [1.82, 2.24) is 4.57 Å². The third kappa shape index (κ3) is 2.75. The number of rotatable bonds is 5. The number of hydrogen-bond donors (Lipinski definition) is 1. The van der Waals surface area contributed by atoms with Gasteiger partial charge < -0.3 is 10.3 Å². The van der Waals surface area contributed by atoms with Gasteiger partial charge in [-0.2, -0.15) is 5.26 Å². The van der Waals surface area contributed by atoms with Gasteiger partial charge in [0, 0.05) is 23.5 Å². The minimum Gasteiger partial charge on any atom is -0.366 e. The van der Waals surface area contributed by atoms with Gasteiger partial charge in [-0.25, -0.2) is 0 Å². The van der Waals surface area contributed by atoms with Crippen molar-refractivity contribution in [3.05, 3.63) is 46.8 Å². The Bertz CT molecular complexity index is 733. The molecule has 1 aromatic heterocycles. The van der Waals surface area contributed by atoms with Gasteiger partial charge in [-0.3, -0.25) is 4.79 Å². The summed E-state index contributed by atoms with van der Waals surface area (Å²) in [4.78, 5) is 11.9. The Morgan fingerprint density at radius 3 is 2.36 bits per heavy atom. The van der Waals surface area contributed by atoms with Crippen molar-refractivity contribution in [2.24, 2.45) is 5.73 Å². The summed E-state index contributed by atoms with van der Waals surface area (Å²) in [5.74, 6) is -0.407. The quantitative estimate of drug-likeness (QED) is 0.916. The van der Waals surface area contributed by atoms with Crippen molar-refractivity contribution in [2.75, 3.05) is 0 Å². The topological polar surface area (TPSA) is 71.8 Å². The van der Waals surface area contributed by atoms with E-state index in [9.17, 15) is 4.79 Å². The lowest BCUT2D eigenvalue weighted by Gasteiger charge is -2.08. The van der Waals surface area contributed by atoms with E-state index in [1.165, 1.54) is 0 Å². The summed E-state index contributed by atoms with van der Waals surface area (Å²) in [6, 6.07) is 9.37. The Morgan fingerprint density at radius 1 is 1.23 bits per heavy atom. The molecule has 0 unspecified atom stereocenters. The molecule has 0 saturated carbocycles. The molecular weight excluding hydrogens is 274 g/mol. The third-order valence-corrected chi connectivity index (χ3v) is 4.07. The first kappa shape index (κ1) is 15.8. The molecule has 4 nitrogen and oxygen atoms in total. The fourth-order valence-corrected chi connectivity index (χ4v) is 2.90. The van der Waals surface area contributed by atoms with Crippen LogP contribution < -0.4 is 5.73 Å². The second-order valence-corrected chi connectivity index (χ2v) is 5.48. The van der Waals surface area contributed by atoms with Gasteiger partial charge in [0.1, 0.15) is 0 Å². The van der Waals surface area contributed by atoms with E-state index in [2.05, 4.69) is 17.6 Å². The molecule has 0 bridgehead atoms. The van der Waals surface area contributed by atoms with E-state index in [1.54, 1.807) is 12.1 Å². The van der Waals surface area contributed by atoms with E-state index in [4.69, 9.17) is 11.0 Å². The van der Waals surface area contributed by atoms with E-state index in [1.807, 2.05) is 26.0 Å². The average molecular weight is 295 g/mol. The van der Waals surface area contributed by atoms with Crippen LogP contribution in [-0.4, -0.2) is 10.5 Å². The molecule has 2 aromatic rings. The van der Waals surface area contributed by atoms with Gasteiger partial charge in [-0.05, 0) is 38.0 Å². The molecule has 2 rings (SSSR count). The fraction of sp³-hybridized carbons (Fsp3) is 0.333. The summed E-state index contributed by atoms with van der Waals surface area (Å²) in [5, 5.41) is 8.91. The van der Waals surface area contributed by atoms with Crippen molar-refractivity contribution < 1.29 is 4.79 Å². The van der Waals surface area contributed by atoms with Crippen LogP contribution in [0.2, 0.25) is 0 Å². The van der Waals surface area contributed by atoms with Crippen molar-refractivity contribution in [2.45, 2.75) is 40.2 Å². The van der Waals surface area contributed by atoms with Gasteiger partial charge in [0.05, 0.1) is 17.2 Å². The number of amides is 1. The molecule has 22 heavy (non-hydrogen) atoms. The second-order valence-electron chi connectivity index (χ2n) is 5.48. The zero-order chi connectivity index (χ0) is 16.3. The highest BCUT2D eigenvalue weighted by atomic mass is 16.1. The zero-order valence-electron chi connectivity index (χ0n) is 13.3. The standard InChI is InChI=1S/C18H21N3O/c1-4-5-10-21-12(2)16(17(13(21)3)18(20)22)15-8-6-14(11-19)7-9-15/h6-9H,4-5,10H2,1-3H3,(H2,20,22). The Balaban J connectivity index is 2.62. The predicted molar refractivity (Wildman–Crippen MR) is 87.5 cm³/mol. The molecule has 0 atom stereocenters. The molecule has 0 radical (unpaired) electrons. The zero-order valence-corrected chi connectivity index (χ0v) is 13.3. The predicted octanol–water partition coefficient (Wildman–Crippen LogP) is 3.54. The van der Waals surface area contributed by atoms with Crippen LogP contribution in [0.4, 0.5) is 0 Å². The van der Waals surface area contributed by atoms with Crippen LogP contribution in [-0.2, 0) is 6.54 Å². The van der Waals surface area contributed by atoms with Crippen LogP contribution in [0.25, 0.3) is 11.1 Å². The smallest absolute Gasteiger partial charge is 0.251 e. The highest BCUT2D eigenvalue weighted by molar-refractivity contribution is 6.02. The second kappa shape index (κ2) is 6.48. The number of benzene rings is 1. The van der Waals surface area contributed by atoms with Gasteiger partial charge >= 0.3 is 0 Å². The molecule has 1 aromatic carbocycles. The van der Waals surface area contributed by atoms with Crippen LogP contribution in [0.3, 0.4) is 0 Å². The van der Waals surface area contributed by atoms with Crippen molar-refractivity contribution in [3.8, 4) is 17.2 Å². The summed E-state index contributed by atoms with van der Waals surface area (Å²) < 4.78 is 2.16. The van der Waals surface area contributed by atoms with Gasteiger partial charge in [0.2, 0.25) is 0 Å². The lowest BCUT2D eigenvalue weighted by atomic mass is 9.99. The molecule has 0 saturated heterocycles. The minimum absolute atomic E-state index is 0.407. The fourth-order valence-electron chi connectivity index (χ4n) is 2.90. The Morgan fingerprint density at radius 2 is 1.86 bits per heavy atom. The maximum absolute atomic E-state index is 11.9. The van der Waals surface area contributed by atoms with Crippen LogP contribution in [0, 0.1) is 25.2 Å². The molecule has 0 aliphatic heterocycles. The van der Waals surface area contributed by atoms with Gasteiger partial charge in [-0.1, -0.05) is 25.5 Å². The number of nitriles is 1. The van der Waals surface area contributed by atoms with Crippen LogP contribution in [0.1, 0.15) is 47.1 Å². The van der Waals surface area contributed by atoms with Gasteiger partial charge in [0.15, 0.2) is 0 Å². The minimum atomic E-state index is -0.407. The molecule has 0 aliphatic rings. The number of nitrogens with zero attached hydrogens (tertiary/aromatic N) is 2. The van der Waals surface area contributed by atoms with E-state index in [0.29, 0.717) is 11.1 Å². The summed E-state index contributed by atoms with van der Waals surface area (Å²) in [5.41, 5.74) is 10.6. The molecule has 2 N–H and O–H groups in total. The van der Waals surface area contributed by atoms with Crippen molar-refractivity contribution in [1.29, 1.82) is 5.26 Å². The number of carbonyl (C=O) groups is 1.